The van der Waals surface area contributed by atoms with Gasteiger partial charge in [-0.25, -0.2) is 0 Å². The molecule has 0 aromatic rings. The molecule has 3 aliphatic carbocycles. The first-order chi connectivity index (χ1) is 15.6. The van der Waals surface area contributed by atoms with Gasteiger partial charge in [0.25, 0.3) is 0 Å². The van der Waals surface area contributed by atoms with Gasteiger partial charge in [0.1, 0.15) is 6.79 Å². The molecule has 0 amide bonds. The summed E-state index contributed by atoms with van der Waals surface area (Å²) in [4.78, 5) is 0. The molecule has 0 bridgehead atoms. The van der Waals surface area contributed by atoms with Crippen LogP contribution in [0.3, 0.4) is 0 Å². The average Bonchev–Trinajstić information content (AvgIpc) is 3.11. The Bertz CT molecular complexity index is 724. The van der Waals surface area contributed by atoms with Gasteiger partial charge in [0.2, 0.25) is 0 Å². The van der Waals surface area contributed by atoms with Crippen LogP contribution in [0.2, 0.25) is 0 Å². The van der Waals surface area contributed by atoms with Gasteiger partial charge in [-0.15, -0.1) is 0 Å². The molecule has 33 heavy (non-hydrogen) atoms. The molecule has 0 spiro atoms. The predicted octanol–water partition coefficient (Wildman–Crippen LogP) is 6.19. The van der Waals surface area contributed by atoms with E-state index in [0.717, 1.165) is 0 Å². The monoisotopic (exact) mass is 460 g/mol. The van der Waals surface area contributed by atoms with Crippen LogP contribution in [-0.4, -0.2) is 41.9 Å². The summed E-state index contributed by atoms with van der Waals surface area (Å²) in [6.07, 6.45) is 16.8. The van der Waals surface area contributed by atoms with Crippen LogP contribution in [0, 0.1) is 29.1 Å². The van der Waals surface area contributed by atoms with Crippen LogP contribution in [0.1, 0.15) is 86.0 Å². The van der Waals surface area contributed by atoms with E-state index in [9.17, 15) is 10.2 Å². The minimum atomic E-state index is -0.397. The summed E-state index contributed by atoms with van der Waals surface area (Å²) >= 11 is 0. The van der Waals surface area contributed by atoms with Crippen molar-refractivity contribution < 1.29 is 19.7 Å². The fourth-order valence-electron chi connectivity index (χ4n) is 6.72. The second-order valence-corrected chi connectivity index (χ2v) is 11.8. The van der Waals surface area contributed by atoms with Crippen molar-refractivity contribution in [2.45, 2.75) is 104 Å². The third kappa shape index (κ3) is 6.39. The SMILES string of the molecule is COCOC(C)(C)[C@@H](C)C=C[C@@H](C)[C@H]1CC[C@H]2C(=CC=C3C[C@@H](O)C[C@H](O)C3)CCC[C@]12C. The van der Waals surface area contributed by atoms with Gasteiger partial charge in [-0.3, -0.25) is 0 Å². The summed E-state index contributed by atoms with van der Waals surface area (Å²) in [5.41, 5.74) is 2.89. The number of hydrogen-bond acceptors (Lipinski definition) is 4. The molecular formula is C29H48O4. The summed E-state index contributed by atoms with van der Waals surface area (Å²) in [6.45, 7) is 11.8. The first-order valence-corrected chi connectivity index (χ1v) is 13.1. The van der Waals surface area contributed by atoms with Crippen LogP contribution >= 0.6 is 0 Å². The molecule has 3 rings (SSSR count). The first kappa shape index (κ1) is 26.7. The van der Waals surface area contributed by atoms with Gasteiger partial charge >= 0.3 is 0 Å². The third-order valence-corrected chi connectivity index (χ3v) is 9.09. The molecule has 3 saturated carbocycles. The van der Waals surface area contributed by atoms with E-state index in [-0.39, 0.29) is 5.60 Å². The molecule has 0 unspecified atom stereocenters. The Labute approximate surface area is 202 Å². The van der Waals surface area contributed by atoms with Gasteiger partial charge in [-0.1, -0.05) is 56.2 Å². The molecule has 0 radical (unpaired) electrons. The maximum absolute atomic E-state index is 10.0. The molecular weight excluding hydrogens is 412 g/mol. The number of ether oxygens (including phenoxy) is 2. The number of fused-ring (bicyclic) bond motifs is 1. The van der Waals surface area contributed by atoms with E-state index in [0.29, 0.717) is 55.1 Å². The number of hydrogen-bond donors (Lipinski definition) is 2. The lowest BCUT2D eigenvalue weighted by Crippen LogP contribution is -2.36. The minimum Gasteiger partial charge on any atom is -0.393 e. The topological polar surface area (TPSA) is 58.9 Å². The molecule has 0 saturated heterocycles. The largest absolute Gasteiger partial charge is 0.393 e. The summed E-state index contributed by atoms with van der Waals surface area (Å²) < 4.78 is 11.0. The molecule has 3 aliphatic rings. The molecule has 0 aromatic carbocycles. The fraction of sp³-hybridized carbons (Fsp3) is 0.793. The van der Waals surface area contributed by atoms with E-state index >= 15 is 0 Å². The van der Waals surface area contributed by atoms with Gasteiger partial charge in [-0.2, -0.15) is 0 Å². The number of aliphatic hydroxyl groups is 2. The summed E-state index contributed by atoms with van der Waals surface area (Å²) in [5, 5.41) is 20.0. The van der Waals surface area contributed by atoms with Crippen molar-refractivity contribution >= 4 is 0 Å². The van der Waals surface area contributed by atoms with Crippen molar-refractivity contribution in [1.29, 1.82) is 0 Å². The quantitative estimate of drug-likeness (QED) is 0.335. The van der Waals surface area contributed by atoms with Crippen LogP contribution in [0.25, 0.3) is 0 Å². The molecule has 7 atom stereocenters. The van der Waals surface area contributed by atoms with Crippen LogP contribution in [-0.2, 0) is 9.47 Å². The van der Waals surface area contributed by atoms with E-state index < -0.39 is 12.2 Å². The predicted molar refractivity (Wildman–Crippen MR) is 135 cm³/mol. The molecule has 2 N–H and O–H groups in total. The summed E-state index contributed by atoms with van der Waals surface area (Å²) in [7, 11) is 1.67. The Morgan fingerprint density at radius 3 is 2.45 bits per heavy atom. The Morgan fingerprint density at radius 1 is 1.09 bits per heavy atom. The van der Waals surface area contributed by atoms with Crippen LogP contribution < -0.4 is 0 Å². The van der Waals surface area contributed by atoms with E-state index in [1.165, 1.54) is 37.7 Å². The van der Waals surface area contributed by atoms with E-state index in [1.54, 1.807) is 12.7 Å². The second kappa shape index (κ2) is 11.2. The minimum absolute atomic E-state index is 0.247. The standard InChI is InChI=1S/C29H48O4/c1-20(9-10-21(2)28(3,4)33-19-32-6)26-13-14-27-23(8-7-15-29(26,27)5)12-11-22-16-24(30)18-25(31)17-22/h9-12,20-21,24-27,30-31H,7-8,13-19H2,1-6H3/t20-,21+,24-,25-,26-,27+,29-/m1/s1. The molecule has 4 heteroatoms. The normalized spacial score (nSPS) is 36.2. The van der Waals surface area contributed by atoms with Crippen molar-refractivity contribution in [1.82, 2.24) is 0 Å². The Hall–Kier alpha value is -0.940. The van der Waals surface area contributed by atoms with Crippen molar-refractivity contribution in [3.63, 3.8) is 0 Å². The van der Waals surface area contributed by atoms with Crippen LogP contribution in [0.15, 0.2) is 35.5 Å². The van der Waals surface area contributed by atoms with E-state index in [1.807, 2.05) is 0 Å². The zero-order chi connectivity index (χ0) is 24.2. The smallest absolute Gasteiger partial charge is 0.147 e. The highest BCUT2D eigenvalue weighted by Crippen LogP contribution is 2.59. The highest BCUT2D eigenvalue weighted by Gasteiger charge is 2.50. The van der Waals surface area contributed by atoms with Gasteiger partial charge in [-0.05, 0) is 88.4 Å². The first-order valence-electron chi connectivity index (χ1n) is 13.1. The van der Waals surface area contributed by atoms with Crippen molar-refractivity contribution in [3.8, 4) is 0 Å². The van der Waals surface area contributed by atoms with E-state index in [2.05, 4.69) is 58.9 Å². The van der Waals surface area contributed by atoms with Crippen molar-refractivity contribution in [2.24, 2.45) is 29.1 Å². The molecule has 4 nitrogen and oxygen atoms in total. The Kier molecular flexibility index (Phi) is 9.05. The summed E-state index contributed by atoms with van der Waals surface area (Å²) in [5.74, 6) is 2.21. The highest BCUT2D eigenvalue weighted by molar-refractivity contribution is 5.26. The maximum atomic E-state index is 10.0. The lowest BCUT2D eigenvalue weighted by atomic mass is 9.61. The lowest BCUT2D eigenvalue weighted by Gasteiger charge is -2.44. The molecule has 0 heterocycles. The van der Waals surface area contributed by atoms with Crippen LogP contribution in [0.4, 0.5) is 0 Å². The Balaban J connectivity index is 1.68. The molecule has 0 aliphatic heterocycles. The van der Waals surface area contributed by atoms with Gasteiger partial charge in [0, 0.05) is 13.0 Å². The van der Waals surface area contributed by atoms with Crippen molar-refractivity contribution in [3.05, 3.63) is 35.5 Å². The third-order valence-electron chi connectivity index (χ3n) is 9.09. The van der Waals surface area contributed by atoms with Gasteiger partial charge < -0.3 is 19.7 Å². The zero-order valence-electron chi connectivity index (χ0n) is 21.8. The molecule has 3 fully saturated rings. The number of rotatable bonds is 8. The highest BCUT2D eigenvalue weighted by atomic mass is 16.7. The van der Waals surface area contributed by atoms with Gasteiger partial charge in [0.15, 0.2) is 0 Å². The fourth-order valence-corrected chi connectivity index (χ4v) is 6.72. The lowest BCUT2D eigenvalue weighted by molar-refractivity contribution is -0.128. The zero-order valence-corrected chi connectivity index (χ0v) is 21.8. The second-order valence-electron chi connectivity index (χ2n) is 11.8. The number of aliphatic hydroxyl groups excluding tert-OH is 2. The van der Waals surface area contributed by atoms with E-state index in [4.69, 9.17) is 9.47 Å². The van der Waals surface area contributed by atoms with Gasteiger partial charge in [0.05, 0.1) is 17.8 Å². The molecule has 0 aromatic heterocycles. The maximum Gasteiger partial charge on any atom is 0.147 e. The van der Waals surface area contributed by atoms with Crippen molar-refractivity contribution in [2.75, 3.05) is 13.9 Å². The summed E-state index contributed by atoms with van der Waals surface area (Å²) in [6, 6.07) is 0. The molecule has 188 valence electrons. The number of methoxy groups -OCH3 is 1. The number of allylic oxidation sites excluding steroid dienone is 4. The average molecular weight is 461 g/mol. The Morgan fingerprint density at radius 2 is 1.79 bits per heavy atom. The van der Waals surface area contributed by atoms with Crippen LogP contribution in [0.5, 0.6) is 0 Å².